The quantitative estimate of drug-likeness (QED) is 0.528. The monoisotopic (exact) mass is 487 g/mol. The zero-order chi connectivity index (χ0) is 23.9. The number of ether oxygens (including phenoxy) is 2. The molecule has 4 rings (SSSR count). The van der Waals surface area contributed by atoms with Gasteiger partial charge in [0.05, 0.1) is 24.8 Å². The third kappa shape index (κ3) is 4.09. The number of nitrogens with zero attached hydrogens (tertiary/aromatic N) is 3. The third-order valence-electron chi connectivity index (χ3n) is 5.59. The van der Waals surface area contributed by atoms with Crippen LogP contribution in [0.4, 0.5) is 5.69 Å². The highest BCUT2D eigenvalue weighted by Crippen LogP contribution is 2.37. The summed E-state index contributed by atoms with van der Waals surface area (Å²) in [5.74, 6) is 1.07. The summed E-state index contributed by atoms with van der Waals surface area (Å²) < 4.78 is 36.8. The molecule has 1 aromatic heterocycles. The number of thiazole rings is 1. The topological polar surface area (TPSA) is 89.0 Å². The van der Waals surface area contributed by atoms with Crippen molar-refractivity contribution in [1.82, 2.24) is 9.29 Å². The van der Waals surface area contributed by atoms with Gasteiger partial charge in [-0.05, 0) is 55.3 Å². The maximum absolute atomic E-state index is 13.4. The zero-order valence-electron chi connectivity index (χ0n) is 19.1. The first-order valence-electron chi connectivity index (χ1n) is 10.2. The normalized spacial score (nSPS) is 13.3. The standard InChI is InChI=1S/C23H25N3O5S2/c1-14-21(32-22(24-14)16-6-9-19(30-4)20(13-16)31-5)23(27)26-11-10-15-12-17(7-8-18(15)26)33(28,29)25(2)3/h6-9,12-13H,10-11H2,1-5H3. The van der Waals surface area contributed by atoms with Crippen LogP contribution < -0.4 is 14.4 Å². The van der Waals surface area contributed by atoms with Crippen molar-refractivity contribution < 1.29 is 22.7 Å². The second-order valence-electron chi connectivity index (χ2n) is 7.79. The van der Waals surface area contributed by atoms with Gasteiger partial charge in [-0.15, -0.1) is 11.3 Å². The second-order valence-corrected chi connectivity index (χ2v) is 10.9. The van der Waals surface area contributed by atoms with Crippen LogP contribution in [-0.2, 0) is 16.4 Å². The number of carbonyl (C=O) groups is 1. The number of fused-ring (bicyclic) bond motifs is 1. The number of amides is 1. The molecule has 0 aliphatic carbocycles. The highest BCUT2D eigenvalue weighted by molar-refractivity contribution is 7.89. The summed E-state index contributed by atoms with van der Waals surface area (Å²) in [7, 11) is 2.62. The van der Waals surface area contributed by atoms with Gasteiger partial charge < -0.3 is 14.4 Å². The van der Waals surface area contributed by atoms with Gasteiger partial charge in [0.2, 0.25) is 10.0 Å². The Balaban J connectivity index is 1.64. The minimum atomic E-state index is -3.53. The van der Waals surface area contributed by atoms with Crippen LogP contribution in [-0.4, -0.2) is 58.5 Å². The van der Waals surface area contributed by atoms with Crippen molar-refractivity contribution >= 4 is 33.0 Å². The van der Waals surface area contributed by atoms with Gasteiger partial charge in [0.15, 0.2) is 11.5 Å². The van der Waals surface area contributed by atoms with Crippen LogP contribution in [0, 0.1) is 6.92 Å². The highest BCUT2D eigenvalue weighted by Gasteiger charge is 2.30. The fourth-order valence-electron chi connectivity index (χ4n) is 3.77. The number of anilines is 1. The van der Waals surface area contributed by atoms with Gasteiger partial charge in [-0.2, -0.15) is 0 Å². The molecule has 10 heteroatoms. The molecule has 0 saturated heterocycles. The van der Waals surface area contributed by atoms with Crippen LogP contribution >= 0.6 is 11.3 Å². The molecule has 2 aromatic carbocycles. The lowest BCUT2D eigenvalue weighted by Crippen LogP contribution is -2.28. The Hall–Kier alpha value is -2.95. The van der Waals surface area contributed by atoms with E-state index in [1.54, 1.807) is 37.3 Å². The Morgan fingerprint density at radius 2 is 1.82 bits per heavy atom. The minimum Gasteiger partial charge on any atom is -0.493 e. The summed E-state index contributed by atoms with van der Waals surface area (Å²) >= 11 is 1.32. The molecule has 1 amide bonds. The maximum Gasteiger partial charge on any atom is 0.270 e. The van der Waals surface area contributed by atoms with Crippen LogP contribution in [0.3, 0.4) is 0 Å². The number of benzene rings is 2. The molecule has 33 heavy (non-hydrogen) atoms. The maximum atomic E-state index is 13.4. The smallest absolute Gasteiger partial charge is 0.270 e. The number of hydrogen-bond acceptors (Lipinski definition) is 7. The van der Waals surface area contributed by atoms with Crippen molar-refractivity contribution in [3.05, 3.63) is 52.5 Å². The number of methoxy groups -OCH3 is 2. The Labute approximate surface area is 197 Å². The minimum absolute atomic E-state index is 0.140. The van der Waals surface area contributed by atoms with Crippen LogP contribution in [0.5, 0.6) is 11.5 Å². The number of rotatable bonds is 6. The zero-order valence-corrected chi connectivity index (χ0v) is 20.7. The summed E-state index contributed by atoms with van der Waals surface area (Å²) in [6.07, 6.45) is 0.595. The van der Waals surface area contributed by atoms with Crippen molar-refractivity contribution in [1.29, 1.82) is 0 Å². The van der Waals surface area contributed by atoms with Gasteiger partial charge in [-0.1, -0.05) is 0 Å². The van der Waals surface area contributed by atoms with Crippen molar-refractivity contribution in [2.45, 2.75) is 18.2 Å². The Kier molecular flexibility index (Phi) is 6.17. The SMILES string of the molecule is COc1ccc(-c2nc(C)c(C(=O)N3CCc4cc(S(=O)(=O)N(C)C)ccc43)s2)cc1OC. The molecule has 1 aliphatic heterocycles. The Morgan fingerprint density at radius 1 is 1.09 bits per heavy atom. The van der Waals surface area contributed by atoms with Crippen LogP contribution in [0.15, 0.2) is 41.3 Å². The third-order valence-corrected chi connectivity index (χ3v) is 8.60. The average molecular weight is 488 g/mol. The van der Waals surface area contributed by atoms with E-state index in [4.69, 9.17) is 9.47 Å². The molecule has 1 aliphatic rings. The first-order valence-corrected chi connectivity index (χ1v) is 12.5. The van der Waals surface area contributed by atoms with Crippen LogP contribution in [0.25, 0.3) is 10.6 Å². The number of hydrogen-bond donors (Lipinski definition) is 0. The first kappa shape index (κ1) is 23.2. The van der Waals surface area contributed by atoms with E-state index in [1.807, 2.05) is 25.1 Å². The molecule has 8 nitrogen and oxygen atoms in total. The molecule has 0 N–H and O–H groups in total. The Morgan fingerprint density at radius 3 is 2.48 bits per heavy atom. The second kappa shape index (κ2) is 8.77. The largest absolute Gasteiger partial charge is 0.493 e. The van der Waals surface area contributed by atoms with Gasteiger partial charge in [0.1, 0.15) is 9.88 Å². The van der Waals surface area contributed by atoms with E-state index < -0.39 is 10.0 Å². The fraction of sp³-hybridized carbons (Fsp3) is 0.304. The molecule has 0 bridgehead atoms. The van der Waals surface area contributed by atoms with E-state index in [0.29, 0.717) is 40.0 Å². The summed E-state index contributed by atoms with van der Waals surface area (Å²) in [5, 5.41) is 0.712. The lowest BCUT2D eigenvalue weighted by molar-refractivity contribution is 0.0992. The van der Waals surface area contributed by atoms with Crippen LogP contribution in [0.1, 0.15) is 20.9 Å². The van der Waals surface area contributed by atoms with Gasteiger partial charge in [-0.25, -0.2) is 17.7 Å². The molecule has 0 atom stereocenters. The first-order chi connectivity index (χ1) is 15.7. The van der Waals surface area contributed by atoms with E-state index in [2.05, 4.69) is 4.98 Å². The Bertz CT molecular complexity index is 1330. The van der Waals surface area contributed by atoms with Crippen molar-refractivity contribution in [2.24, 2.45) is 0 Å². The van der Waals surface area contributed by atoms with Crippen LogP contribution in [0.2, 0.25) is 0 Å². The summed E-state index contributed by atoms with van der Waals surface area (Å²) in [6.45, 7) is 2.31. The van der Waals surface area contributed by atoms with E-state index in [1.165, 1.54) is 29.7 Å². The molecule has 0 saturated carbocycles. The summed E-state index contributed by atoms with van der Waals surface area (Å²) in [6, 6.07) is 10.4. The molecule has 0 spiro atoms. The van der Waals surface area contributed by atoms with Gasteiger partial charge in [0, 0.05) is 31.9 Å². The number of aryl methyl sites for hydroxylation is 1. The molecule has 0 radical (unpaired) electrons. The van der Waals surface area contributed by atoms with E-state index in [9.17, 15) is 13.2 Å². The predicted molar refractivity (Wildman–Crippen MR) is 128 cm³/mol. The molecule has 174 valence electrons. The van der Waals surface area contributed by atoms with Crippen molar-refractivity contribution in [3.63, 3.8) is 0 Å². The number of aromatic nitrogens is 1. The molecule has 3 aromatic rings. The number of sulfonamides is 1. The average Bonchev–Trinajstić information content (AvgIpc) is 3.41. The van der Waals surface area contributed by atoms with Crippen molar-refractivity contribution in [2.75, 3.05) is 39.8 Å². The fourth-order valence-corrected chi connectivity index (χ4v) is 5.73. The van der Waals surface area contributed by atoms with Gasteiger partial charge >= 0.3 is 0 Å². The summed E-state index contributed by atoms with van der Waals surface area (Å²) in [5.41, 5.74) is 3.06. The highest BCUT2D eigenvalue weighted by atomic mass is 32.2. The van der Waals surface area contributed by atoms with Gasteiger partial charge in [0.25, 0.3) is 5.91 Å². The van der Waals surface area contributed by atoms with E-state index in [0.717, 1.165) is 16.8 Å². The van der Waals surface area contributed by atoms with Crippen molar-refractivity contribution in [3.8, 4) is 22.1 Å². The molecule has 2 heterocycles. The lowest BCUT2D eigenvalue weighted by Gasteiger charge is -2.17. The number of carbonyl (C=O) groups excluding carboxylic acids is 1. The van der Waals surface area contributed by atoms with E-state index in [-0.39, 0.29) is 10.8 Å². The predicted octanol–water partition coefficient (Wildman–Crippen LogP) is 3.59. The molecular formula is C23H25N3O5S2. The van der Waals surface area contributed by atoms with E-state index >= 15 is 0 Å². The molecule has 0 fully saturated rings. The molecular weight excluding hydrogens is 462 g/mol. The lowest BCUT2D eigenvalue weighted by atomic mass is 10.2. The van der Waals surface area contributed by atoms with Gasteiger partial charge in [-0.3, -0.25) is 4.79 Å². The molecule has 0 unspecified atom stereocenters. The summed E-state index contributed by atoms with van der Waals surface area (Å²) in [4.78, 5) is 20.5.